The predicted octanol–water partition coefficient (Wildman–Crippen LogP) is 4.14. The van der Waals surface area contributed by atoms with E-state index < -0.39 is 10.0 Å². The monoisotopic (exact) mass is 397 g/mol. The molecule has 0 bridgehead atoms. The molecule has 4 nitrogen and oxygen atoms in total. The molecular weight excluding hydrogens is 388 g/mol. The van der Waals surface area contributed by atoms with E-state index in [1.807, 2.05) is 0 Å². The highest BCUT2D eigenvalue weighted by atomic mass is 35.5. The maximum Gasteiger partial charge on any atom is 0.242 e. The molecule has 0 aromatic heterocycles. The van der Waals surface area contributed by atoms with Gasteiger partial charge in [0.1, 0.15) is 23.1 Å². The van der Waals surface area contributed by atoms with Gasteiger partial charge in [0.15, 0.2) is 0 Å². The van der Waals surface area contributed by atoms with Crippen LogP contribution in [0.15, 0.2) is 41.3 Å². The summed E-state index contributed by atoms with van der Waals surface area (Å²) < 4.78 is 44.7. The molecule has 0 fully saturated rings. The van der Waals surface area contributed by atoms with Crippen molar-refractivity contribution < 1.29 is 17.5 Å². The molecule has 2 aromatic rings. The number of rotatable bonds is 6. The molecule has 2 aromatic carbocycles. The summed E-state index contributed by atoms with van der Waals surface area (Å²) in [6.45, 7) is 0.0556. The molecule has 0 heterocycles. The van der Waals surface area contributed by atoms with E-state index in [1.54, 1.807) is 0 Å². The molecule has 0 saturated carbocycles. The van der Waals surface area contributed by atoms with E-state index in [0.717, 1.165) is 0 Å². The highest BCUT2D eigenvalue weighted by molar-refractivity contribution is 7.89. The number of hydrogen-bond acceptors (Lipinski definition) is 3. The predicted molar refractivity (Wildman–Crippen MR) is 88.6 cm³/mol. The minimum Gasteiger partial charge on any atom is -0.492 e. The third kappa shape index (κ3) is 4.96. The van der Waals surface area contributed by atoms with Gasteiger partial charge in [-0.3, -0.25) is 0 Å². The Hall–Kier alpha value is -1.05. The molecule has 0 aliphatic carbocycles. The third-order valence-electron chi connectivity index (χ3n) is 2.74. The SMILES string of the molecule is O=S(=O)(NCCOc1ccc(F)cc1)c1cc(Cl)c(Cl)cc1Cl. The van der Waals surface area contributed by atoms with Crippen LogP contribution in [0.2, 0.25) is 15.1 Å². The van der Waals surface area contributed by atoms with E-state index >= 15 is 0 Å². The summed E-state index contributed by atoms with van der Waals surface area (Å²) in [7, 11) is -3.86. The fraction of sp³-hybridized carbons (Fsp3) is 0.143. The Morgan fingerprint density at radius 2 is 1.61 bits per heavy atom. The molecule has 0 radical (unpaired) electrons. The lowest BCUT2D eigenvalue weighted by Crippen LogP contribution is -2.28. The van der Waals surface area contributed by atoms with Crippen LogP contribution in [-0.2, 0) is 10.0 Å². The van der Waals surface area contributed by atoms with Gasteiger partial charge in [0, 0.05) is 6.54 Å². The molecule has 1 N–H and O–H groups in total. The molecule has 124 valence electrons. The average Bonchev–Trinajstić information content (AvgIpc) is 2.49. The molecule has 0 unspecified atom stereocenters. The van der Waals surface area contributed by atoms with Crippen molar-refractivity contribution in [1.82, 2.24) is 4.72 Å². The van der Waals surface area contributed by atoms with Gasteiger partial charge in [0.05, 0.1) is 15.1 Å². The molecule has 0 aliphatic heterocycles. The molecular formula is C14H11Cl3FNO3S. The molecule has 2 rings (SSSR count). The lowest BCUT2D eigenvalue weighted by atomic mass is 10.3. The highest BCUT2D eigenvalue weighted by Gasteiger charge is 2.19. The molecule has 0 saturated heterocycles. The normalized spacial score (nSPS) is 11.5. The first kappa shape index (κ1) is 18.3. The van der Waals surface area contributed by atoms with Gasteiger partial charge in [-0.25, -0.2) is 17.5 Å². The van der Waals surface area contributed by atoms with Crippen LogP contribution in [0.25, 0.3) is 0 Å². The van der Waals surface area contributed by atoms with Crippen molar-refractivity contribution in [2.24, 2.45) is 0 Å². The number of halogens is 4. The van der Waals surface area contributed by atoms with Crippen molar-refractivity contribution in [2.75, 3.05) is 13.2 Å². The first-order valence-corrected chi connectivity index (χ1v) is 8.94. The Morgan fingerprint density at radius 1 is 1.00 bits per heavy atom. The third-order valence-corrected chi connectivity index (χ3v) is 5.39. The van der Waals surface area contributed by atoms with E-state index in [9.17, 15) is 12.8 Å². The first-order valence-electron chi connectivity index (χ1n) is 6.32. The van der Waals surface area contributed by atoms with Crippen LogP contribution in [0, 0.1) is 5.82 Å². The van der Waals surface area contributed by atoms with Crippen LogP contribution < -0.4 is 9.46 Å². The van der Waals surface area contributed by atoms with Gasteiger partial charge in [0.2, 0.25) is 10.0 Å². The highest BCUT2D eigenvalue weighted by Crippen LogP contribution is 2.31. The zero-order valence-corrected chi connectivity index (χ0v) is 14.6. The second-order valence-corrected chi connectivity index (χ2v) is 7.35. The Bertz CT molecular complexity index is 798. The number of hydrogen-bond donors (Lipinski definition) is 1. The van der Waals surface area contributed by atoms with Gasteiger partial charge >= 0.3 is 0 Å². The van der Waals surface area contributed by atoms with Gasteiger partial charge in [0.25, 0.3) is 0 Å². The quantitative estimate of drug-likeness (QED) is 0.587. The van der Waals surface area contributed by atoms with Crippen LogP contribution in [-0.4, -0.2) is 21.6 Å². The minimum absolute atomic E-state index is 0.00369. The zero-order valence-electron chi connectivity index (χ0n) is 11.5. The average molecular weight is 399 g/mol. The lowest BCUT2D eigenvalue weighted by molar-refractivity contribution is 0.322. The molecule has 0 amide bonds. The van der Waals surface area contributed by atoms with E-state index in [-0.39, 0.29) is 38.9 Å². The molecule has 9 heteroatoms. The second-order valence-electron chi connectivity index (χ2n) is 4.40. The summed E-state index contributed by atoms with van der Waals surface area (Å²) in [5.74, 6) is 0.0467. The van der Waals surface area contributed by atoms with E-state index in [0.29, 0.717) is 5.75 Å². The number of benzene rings is 2. The summed E-state index contributed by atoms with van der Waals surface area (Å²) in [5.41, 5.74) is 0. The van der Waals surface area contributed by atoms with Crippen molar-refractivity contribution >= 4 is 44.8 Å². The van der Waals surface area contributed by atoms with Crippen molar-refractivity contribution in [3.63, 3.8) is 0 Å². The van der Waals surface area contributed by atoms with Crippen LogP contribution in [0.3, 0.4) is 0 Å². The summed E-state index contributed by atoms with van der Waals surface area (Å²) in [6.07, 6.45) is 0. The summed E-state index contributed by atoms with van der Waals surface area (Å²) in [4.78, 5) is -0.171. The van der Waals surface area contributed by atoms with Crippen molar-refractivity contribution in [2.45, 2.75) is 4.90 Å². The van der Waals surface area contributed by atoms with Gasteiger partial charge in [-0.05, 0) is 36.4 Å². The van der Waals surface area contributed by atoms with Crippen LogP contribution in [0.5, 0.6) is 5.75 Å². The van der Waals surface area contributed by atoms with E-state index in [1.165, 1.54) is 36.4 Å². The van der Waals surface area contributed by atoms with Gasteiger partial charge in [-0.15, -0.1) is 0 Å². The Kier molecular flexibility index (Phi) is 6.11. The largest absolute Gasteiger partial charge is 0.492 e. The second kappa shape index (κ2) is 7.68. The zero-order chi connectivity index (χ0) is 17.0. The van der Waals surface area contributed by atoms with Crippen LogP contribution >= 0.6 is 34.8 Å². The van der Waals surface area contributed by atoms with E-state index in [2.05, 4.69) is 4.72 Å². The topological polar surface area (TPSA) is 55.4 Å². The standard InChI is InChI=1S/C14H11Cl3FNO3S/c15-11-7-13(17)14(8-12(11)16)23(20,21)19-5-6-22-10-3-1-9(18)2-4-10/h1-4,7-8,19H,5-6H2. The van der Waals surface area contributed by atoms with Crippen molar-refractivity contribution in [1.29, 1.82) is 0 Å². The molecule has 0 spiro atoms. The number of sulfonamides is 1. The van der Waals surface area contributed by atoms with E-state index in [4.69, 9.17) is 39.5 Å². The van der Waals surface area contributed by atoms with Crippen molar-refractivity contribution in [3.05, 3.63) is 57.3 Å². The Balaban J connectivity index is 1.96. The maximum atomic E-state index is 12.7. The maximum absolute atomic E-state index is 12.7. The minimum atomic E-state index is -3.86. The van der Waals surface area contributed by atoms with Crippen LogP contribution in [0.1, 0.15) is 0 Å². The van der Waals surface area contributed by atoms with Crippen molar-refractivity contribution in [3.8, 4) is 5.75 Å². The smallest absolute Gasteiger partial charge is 0.242 e. The Morgan fingerprint density at radius 3 is 2.26 bits per heavy atom. The fourth-order valence-electron chi connectivity index (χ4n) is 1.66. The summed E-state index contributed by atoms with van der Waals surface area (Å²) in [5, 5.41) is 0.209. The van der Waals surface area contributed by atoms with Gasteiger partial charge in [-0.2, -0.15) is 0 Å². The lowest BCUT2D eigenvalue weighted by Gasteiger charge is -2.10. The molecule has 23 heavy (non-hydrogen) atoms. The van der Waals surface area contributed by atoms with Gasteiger partial charge in [-0.1, -0.05) is 34.8 Å². The van der Waals surface area contributed by atoms with Crippen LogP contribution in [0.4, 0.5) is 4.39 Å². The number of nitrogens with one attached hydrogen (secondary N) is 1. The molecule has 0 atom stereocenters. The first-order chi connectivity index (χ1) is 10.8. The molecule has 0 aliphatic rings. The summed E-state index contributed by atoms with van der Waals surface area (Å²) in [6, 6.07) is 7.81. The fourth-order valence-corrected chi connectivity index (χ4v) is 3.68. The van der Waals surface area contributed by atoms with Gasteiger partial charge < -0.3 is 4.74 Å². The number of ether oxygens (including phenoxy) is 1. The summed E-state index contributed by atoms with van der Waals surface area (Å²) >= 11 is 17.5. The Labute approximate surface area is 148 Å².